The summed E-state index contributed by atoms with van der Waals surface area (Å²) in [5.41, 5.74) is 2.20. The highest BCUT2D eigenvalue weighted by Gasteiger charge is 2.26. The van der Waals surface area contributed by atoms with E-state index in [1.54, 1.807) is 24.5 Å². The summed E-state index contributed by atoms with van der Waals surface area (Å²) in [5.74, 6) is -1.84. The number of rotatable bonds is 7. The highest BCUT2D eigenvalue weighted by molar-refractivity contribution is 7.90. The van der Waals surface area contributed by atoms with Gasteiger partial charge in [0.1, 0.15) is 11.5 Å². The van der Waals surface area contributed by atoms with Crippen LogP contribution in [0.15, 0.2) is 47.8 Å². The van der Waals surface area contributed by atoms with E-state index >= 15 is 0 Å². The summed E-state index contributed by atoms with van der Waals surface area (Å²) < 4.78 is 43.2. The number of halogens is 1. The molecule has 2 heterocycles. The van der Waals surface area contributed by atoms with Crippen LogP contribution in [0.25, 0.3) is 11.1 Å². The van der Waals surface area contributed by atoms with Crippen molar-refractivity contribution < 1.29 is 22.4 Å². The number of nitrogens with one attached hydrogen (secondary N) is 1. The molecule has 0 atom stereocenters. The number of hydrogen-bond acceptors (Lipinski definition) is 6. The largest absolute Gasteiger partial charge is 0.343 e. The Morgan fingerprint density at radius 3 is 2.50 bits per heavy atom. The lowest BCUT2D eigenvalue weighted by Crippen LogP contribution is -2.32. The average molecular weight is 488 g/mol. The van der Waals surface area contributed by atoms with Crippen LogP contribution in [0, 0.1) is 5.82 Å². The van der Waals surface area contributed by atoms with Gasteiger partial charge in [0.05, 0.1) is 6.42 Å². The van der Waals surface area contributed by atoms with E-state index in [4.69, 9.17) is 0 Å². The third-order valence-corrected chi connectivity index (χ3v) is 6.43. The lowest BCUT2D eigenvalue weighted by molar-refractivity contribution is -0.118. The quantitative estimate of drug-likeness (QED) is 0.548. The molecule has 1 aromatic carbocycles. The summed E-state index contributed by atoms with van der Waals surface area (Å²) in [6.45, 7) is 3.72. The molecule has 0 fully saturated rings. The standard InChI is InChI=1S/C23H26FN5O4S/c1-14(2)17-9-16(24)10-18(15-7-6-8-25-13-15)19(17)11-21(30)27-34(32,33)22-12-20(29(5)26-22)23(31)28(3)4/h6-10,12-14H,11H2,1-5H3,(H,27,30). The summed E-state index contributed by atoms with van der Waals surface area (Å²) in [6, 6.07) is 7.19. The van der Waals surface area contributed by atoms with E-state index in [-0.39, 0.29) is 18.0 Å². The maximum Gasteiger partial charge on any atom is 0.283 e. The van der Waals surface area contributed by atoms with Gasteiger partial charge in [-0.15, -0.1) is 0 Å². The number of sulfonamides is 1. The Morgan fingerprint density at radius 1 is 1.21 bits per heavy atom. The molecule has 0 aliphatic heterocycles. The SMILES string of the molecule is CC(C)c1cc(F)cc(-c2cccnc2)c1CC(=O)NS(=O)(=O)c1cc(C(=O)N(C)C)n(C)n1. The molecule has 2 amide bonds. The maximum atomic E-state index is 14.4. The van der Waals surface area contributed by atoms with E-state index in [2.05, 4.69) is 10.1 Å². The Bertz CT molecular complexity index is 1330. The smallest absolute Gasteiger partial charge is 0.283 e. The van der Waals surface area contributed by atoms with Crippen LogP contribution in [-0.4, -0.2) is 54.0 Å². The van der Waals surface area contributed by atoms with Gasteiger partial charge in [-0.25, -0.2) is 9.11 Å². The fourth-order valence-electron chi connectivity index (χ4n) is 3.55. The Balaban J connectivity index is 1.95. The van der Waals surface area contributed by atoms with Gasteiger partial charge in [-0.1, -0.05) is 19.9 Å². The first-order valence-corrected chi connectivity index (χ1v) is 11.9. The first kappa shape index (κ1) is 25.0. The van der Waals surface area contributed by atoms with Crippen LogP contribution in [0.5, 0.6) is 0 Å². The number of carbonyl (C=O) groups excluding carboxylic acids is 2. The van der Waals surface area contributed by atoms with Gasteiger partial charge in [0.25, 0.3) is 15.9 Å². The number of pyridine rings is 1. The van der Waals surface area contributed by atoms with Crippen molar-refractivity contribution in [1.82, 2.24) is 24.4 Å². The summed E-state index contributed by atoms with van der Waals surface area (Å²) >= 11 is 0. The molecule has 0 radical (unpaired) electrons. The number of hydrogen-bond donors (Lipinski definition) is 1. The second kappa shape index (κ2) is 9.72. The normalized spacial score (nSPS) is 11.5. The van der Waals surface area contributed by atoms with Gasteiger partial charge in [-0.2, -0.15) is 13.5 Å². The molecule has 11 heteroatoms. The predicted octanol–water partition coefficient (Wildman–Crippen LogP) is 2.49. The number of benzene rings is 1. The van der Waals surface area contributed by atoms with Crippen LogP contribution < -0.4 is 4.72 Å². The van der Waals surface area contributed by atoms with Gasteiger partial charge in [-0.3, -0.25) is 19.3 Å². The van der Waals surface area contributed by atoms with Crippen molar-refractivity contribution in [3.05, 3.63) is 65.4 Å². The zero-order valence-corrected chi connectivity index (χ0v) is 20.4. The molecule has 1 N–H and O–H groups in total. The van der Waals surface area contributed by atoms with Gasteiger partial charge in [0, 0.05) is 45.2 Å². The van der Waals surface area contributed by atoms with E-state index in [1.165, 1.54) is 38.2 Å². The van der Waals surface area contributed by atoms with Crippen molar-refractivity contribution >= 4 is 21.8 Å². The van der Waals surface area contributed by atoms with Crippen LogP contribution in [0.2, 0.25) is 0 Å². The number of aromatic nitrogens is 3. The molecule has 0 aliphatic carbocycles. The zero-order chi connectivity index (χ0) is 25.2. The molecule has 180 valence electrons. The van der Waals surface area contributed by atoms with Crippen LogP contribution in [0.4, 0.5) is 4.39 Å². The fourth-order valence-corrected chi connectivity index (χ4v) is 4.52. The molecule has 0 spiro atoms. The van der Waals surface area contributed by atoms with E-state index < -0.39 is 32.7 Å². The molecule has 0 unspecified atom stereocenters. The van der Waals surface area contributed by atoms with E-state index in [0.717, 1.165) is 10.7 Å². The minimum absolute atomic E-state index is 0.0531. The van der Waals surface area contributed by atoms with Crippen molar-refractivity contribution in [2.45, 2.75) is 31.2 Å². The number of nitrogens with zero attached hydrogens (tertiary/aromatic N) is 4. The van der Waals surface area contributed by atoms with Gasteiger partial charge < -0.3 is 4.90 Å². The number of amides is 2. The molecule has 0 bridgehead atoms. The van der Waals surface area contributed by atoms with Crippen molar-refractivity contribution in [3.63, 3.8) is 0 Å². The Morgan fingerprint density at radius 2 is 1.91 bits per heavy atom. The highest BCUT2D eigenvalue weighted by Crippen LogP contribution is 2.31. The van der Waals surface area contributed by atoms with Gasteiger partial charge >= 0.3 is 0 Å². The highest BCUT2D eigenvalue weighted by atomic mass is 32.2. The topological polar surface area (TPSA) is 114 Å². The summed E-state index contributed by atoms with van der Waals surface area (Å²) in [6.07, 6.45) is 2.81. The minimum Gasteiger partial charge on any atom is -0.343 e. The predicted molar refractivity (Wildman–Crippen MR) is 124 cm³/mol. The van der Waals surface area contributed by atoms with Crippen LogP contribution in [0.3, 0.4) is 0 Å². The van der Waals surface area contributed by atoms with E-state index in [0.29, 0.717) is 22.3 Å². The van der Waals surface area contributed by atoms with Crippen LogP contribution >= 0.6 is 0 Å². The monoisotopic (exact) mass is 487 g/mol. The first-order valence-electron chi connectivity index (χ1n) is 10.4. The van der Waals surface area contributed by atoms with E-state index in [9.17, 15) is 22.4 Å². The van der Waals surface area contributed by atoms with Gasteiger partial charge in [0.15, 0.2) is 5.03 Å². The Labute approximate surface area is 197 Å². The lowest BCUT2D eigenvalue weighted by atomic mass is 9.88. The molecule has 34 heavy (non-hydrogen) atoms. The maximum absolute atomic E-state index is 14.4. The molecular formula is C23H26FN5O4S. The molecule has 0 saturated carbocycles. The molecule has 3 rings (SSSR count). The molecule has 0 saturated heterocycles. The first-order chi connectivity index (χ1) is 15.9. The van der Waals surface area contributed by atoms with Crippen molar-refractivity contribution in [1.29, 1.82) is 0 Å². The second-order valence-corrected chi connectivity index (χ2v) is 9.94. The zero-order valence-electron chi connectivity index (χ0n) is 19.5. The lowest BCUT2D eigenvalue weighted by Gasteiger charge is -2.18. The summed E-state index contributed by atoms with van der Waals surface area (Å²) in [7, 11) is 0.144. The second-order valence-electron chi connectivity index (χ2n) is 8.31. The van der Waals surface area contributed by atoms with Crippen LogP contribution in [-0.2, 0) is 28.3 Å². The Hall–Kier alpha value is -3.60. The average Bonchev–Trinajstić information content (AvgIpc) is 3.16. The Kier molecular flexibility index (Phi) is 7.15. The molecule has 3 aromatic rings. The third kappa shape index (κ3) is 5.30. The van der Waals surface area contributed by atoms with Crippen molar-refractivity contribution in [2.75, 3.05) is 14.1 Å². The van der Waals surface area contributed by atoms with Crippen LogP contribution in [0.1, 0.15) is 41.4 Å². The van der Waals surface area contributed by atoms with Crippen molar-refractivity contribution in [2.24, 2.45) is 7.05 Å². The third-order valence-electron chi connectivity index (χ3n) is 5.19. The molecular weight excluding hydrogens is 461 g/mol. The van der Waals surface area contributed by atoms with Gasteiger partial charge in [0.2, 0.25) is 5.91 Å². The summed E-state index contributed by atoms with van der Waals surface area (Å²) in [4.78, 5) is 30.4. The number of carbonyl (C=O) groups is 2. The minimum atomic E-state index is -4.35. The van der Waals surface area contributed by atoms with E-state index in [1.807, 2.05) is 18.6 Å². The fraction of sp³-hybridized carbons (Fsp3) is 0.304. The molecule has 2 aromatic heterocycles. The molecule has 9 nitrogen and oxygen atoms in total. The number of aryl methyl sites for hydroxylation is 1. The molecule has 0 aliphatic rings. The van der Waals surface area contributed by atoms with Gasteiger partial charge in [-0.05, 0) is 40.8 Å². The van der Waals surface area contributed by atoms with Crippen molar-refractivity contribution in [3.8, 4) is 11.1 Å². The summed E-state index contributed by atoms with van der Waals surface area (Å²) in [5, 5.41) is 3.42.